The number of halogens is 1. The molecule has 21 heavy (non-hydrogen) atoms. The first-order valence-electron chi connectivity index (χ1n) is 9.13. The minimum atomic E-state index is 0.743. The Labute approximate surface area is 137 Å². The molecule has 3 heteroatoms. The van der Waals surface area contributed by atoms with E-state index in [1.165, 1.54) is 64.2 Å². The van der Waals surface area contributed by atoms with Crippen LogP contribution >= 0.6 is 11.6 Å². The maximum absolute atomic E-state index is 5.62. The number of hydrogen-bond donors (Lipinski definition) is 0. The predicted molar refractivity (Wildman–Crippen MR) is 93.4 cm³/mol. The lowest BCUT2D eigenvalue weighted by Crippen LogP contribution is -2.06. The van der Waals surface area contributed by atoms with E-state index in [1.54, 1.807) is 0 Å². The second-order valence-electron chi connectivity index (χ2n) is 5.80. The third-order valence-corrected chi connectivity index (χ3v) is 3.95. The summed E-state index contributed by atoms with van der Waals surface area (Å²) in [5.41, 5.74) is 0. The molecular weight excluding hydrogens is 284 g/mol. The van der Waals surface area contributed by atoms with Gasteiger partial charge in [0.2, 0.25) is 0 Å². The molecule has 0 fully saturated rings. The first-order chi connectivity index (χ1) is 10.4. The van der Waals surface area contributed by atoms with Gasteiger partial charge in [-0.1, -0.05) is 64.7 Å². The number of rotatable bonds is 18. The molecular formula is C18H37ClO2. The molecule has 0 heterocycles. The Kier molecular flexibility index (Phi) is 20.4. The minimum absolute atomic E-state index is 0.743. The first kappa shape index (κ1) is 21.2. The van der Waals surface area contributed by atoms with Crippen molar-refractivity contribution in [3.05, 3.63) is 0 Å². The van der Waals surface area contributed by atoms with E-state index in [1.807, 2.05) is 0 Å². The average Bonchev–Trinajstić information content (AvgIpc) is 2.50. The van der Waals surface area contributed by atoms with Gasteiger partial charge in [0.25, 0.3) is 0 Å². The molecule has 0 aliphatic carbocycles. The van der Waals surface area contributed by atoms with E-state index in [2.05, 4.69) is 6.92 Å². The summed E-state index contributed by atoms with van der Waals surface area (Å²) in [6.45, 7) is 5.52. The van der Waals surface area contributed by atoms with Crippen LogP contribution in [-0.4, -0.2) is 32.3 Å². The Morgan fingerprint density at radius 3 is 1.43 bits per heavy atom. The van der Waals surface area contributed by atoms with Gasteiger partial charge in [-0.05, 0) is 19.3 Å². The van der Waals surface area contributed by atoms with Gasteiger partial charge in [-0.3, -0.25) is 0 Å². The quantitative estimate of drug-likeness (QED) is 0.229. The number of hydrogen-bond acceptors (Lipinski definition) is 2. The Morgan fingerprint density at radius 1 is 0.524 bits per heavy atom. The highest BCUT2D eigenvalue weighted by atomic mass is 35.5. The summed E-state index contributed by atoms with van der Waals surface area (Å²) in [4.78, 5) is 0. The molecule has 0 atom stereocenters. The molecule has 2 nitrogen and oxygen atoms in total. The monoisotopic (exact) mass is 320 g/mol. The molecule has 0 aliphatic rings. The number of alkyl halides is 1. The molecule has 0 bridgehead atoms. The van der Waals surface area contributed by atoms with Gasteiger partial charge in [-0.25, -0.2) is 0 Å². The Morgan fingerprint density at radius 2 is 0.952 bits per heavy atom. The van der Waals surface area contributed by atoms with Crippen molar-refractivity contribution in [2.45, 2.75) is 84.0 Å². The van der Waals surface area contributed by atoms with Gasteiger partial charge < -0.3 is 9.47 Å². The van der Waals surface area contributed by atoms with Crippen molar-refractivity contribution in [1.29, 1.82) is 0 Å². The lowest BCUT2D eigenvalue weighted by atomic mass is 10.1. The van der Waals surface area contributed by atoms with E-state index < -0.39 is 0 Å². The Bertz CT molecular complexity index is 159. The largest absolute Gasteiger partial charge is 0.379 e. The summed E-state index contributed by atoms with van der Waals surface area (Å²) in [5.74, 6) is 0.785. The summed E-state index contributed by atoms with van der Waals surface area (Å²) in [6, 6.07) is 0. The van der Waals surface area contributed by atoms with Gasteiger partial charge in [0.1, 0.15) is 0 Å². The van der Waals surface area contributed by atoms with Crippen LogP contribution in [-0.2, 0) is 9.47 Å². The first-order valence-corrected chi connectivity index (χ1v) is 9.66. The highest BCUT2D eigenvalue weighted by Crippen LogP contribution is 2.08. The topological polar surface area (TPSA) is 18.5 Å². The van der Waals surface area contributed by atoms with Crippen molar-refractivity contribution in [2.24, 2.45) is 0 Å². The van der Waals surface area contributed by atoms with Crippen LogP contribution in [0.4, 0.5) is 0 Å². The van der Waals surface area contributed by atoms with Crippen LogP contribution in [0.1, 0.15) is 84.0 Å². The lowest BCUT2D eigenvalue weighted by Gasteiger charge is -2.06. The van der Waals surface area contributed by atoms with E-state index >= 15 is 0 Å². The van der Waals surface area contributed by atoms with Gasteiger partial charge in [0.05, 0.1) is 13.2 Å². The molecule has 0 spiro atoms. The van der Waals surface area contributed by atoms with Crippen molar-refractivity contribution in [1.82, 2.24) is 0 Å². The van der Waals surface area contributed by atoms with Crippen LogP contribution in [0.15, 0.2) is 0 Å². The summed E-state index contributed by atoms with van der Waals surface area (Å²) in [6.07, 6.45) is 15.6. The third kappa shape index (κ3) is 20.2. The van der Waals surface area contributed by atoms with Crippen molar-refractivity contribution in [2.75, 3.05) is 32.3 Å². The average molecular weight is 321 g/mol. The van der Waals surface area contributed by atoms with E-state index in [0.717, 1.165) is 45.1 Å². The maximum atomic E-state index is 5.62. The van der Waals surface area contributed by atoms with E-state index in [-0.39, 0.29) is 0 Å². The van der Waals surface area contributed by atoms with Gasteiger partial charge in [-0.15, -0.1) is 11.6 Å². The molecule has 0 saturated carbocycles. The molecule has 0 aromatic carbocycles. The molecule has 0 amide bonds. The zero-order valence-corrected chi connectivity index (χ0v) is 15.0. The molecule has 0 rings (SSSR count). The maximum Gasteiger partial charge on any atom is 0.0700 e. The molecule has 128 valence electrons. The lowest BCUT2D eigenvalue weighted by molar-refractivity contribution is 0.0449. The SMILES string of the molecule is CCCCCCCCCCOCCOCCCCCCCl. The van der Waals surface area contributed by atoms with Crippen LogP contribution in [0.3, 0.4) is 0 Å². The zero-order chi connectivity index (χ0) is 15.4. The van der Waals surface area contributed by atoms with Gasteiger partial charge in [-0.2, -0.15) is 0 Å². The summed E-state index contributed by atoms with van der Waals surface area (Å²) >= 11 is 5.62. The van der Waals surface area contributed by atoms with Crippen LogP contribution in [0, 0.1) is 0 Å². The molecule has 0 aliphatic heterocycles. The third-order valence-electron chi connectivity index (χ3n) is 3.69. The molecule has 0 radical (unpaired) electrons. The fourth-order valence-corrected chi connectivity index (χ4v) is 2.50. The normalized spacial score (nSPS) is 11.1. The van der Waals surface area contributed by atoms with E-state index in [4.69, 9.17) is 21.1 Å². The summed E-state index contributed by atoms with van der Waals surface area (Å²) in [5, 5.41) is 0. The number of unbranched alkanes of at least 4 members (excludes halogenated alkanes) is 10. The van der Waals surface area contributed by atoms with Crippen molar-refractivity contribution < 1.29 is 9.47 Å². The van der Waals surface area contributed by atoms with Crippen LogP contribution in [0.5, 0.6) is 0 Å². The Balaban J connectivity index is 2.90. The predicted octanol–water partition coefficient (Wildman–Crippen LogP) is 5.96. The van der Waals surface area contributed by atoms with Gasteiger partial charge >= 0.3 is 0 Å². The highest BCUT2D eigenvalue weighted by molar-refractivity contribution is 6.17. The summed E-state index contributed by atoms with van der Waals surface area (Å²) < 4.78 is 11.1. The fourth-order valence-electron chi connectivity index (χ4n) is 2.31. The fraction of sp³-hybridized carbons (Fsp3) is 1.00. The van der Waals surface area contributed by atoms with E-state index in [0.29, 0.717) is 0 Å². The van der Waals surface area contributed by atoms with Crippen LogP contribution < -0.4 is 0 Å². The minimum Gasteiger partial charge on any atom is -0.379 e. The van der Waals surface area contributed by atoms with Crippen LogP contribution in [0.2, 0.25) is 0 Å². The molecule has 0 unspecified atom stereocenters. The molecule has 0 aromatic heterocycles. The Hall–Kier alpha value is 0.210. The summed E-state index contributed by atoms with van der Waals surface area (Å²) in [7, 11) is 0. The van der Waals surface area contributed by atoms with Crippen molar-refractivity contribution >= 4 is 11.6 Å². The standard InChI is InChI=1S/C18H37ClO2/c1-2-3-4-5-6-7-9-12-15-20-17-18-21-16-13-10-8-11-14-19/h2-18H2,1H3. The van der Waals surface area contributed by atoms with Crippen molar-refractivity contribution in [3.8, 4) is 0 Å². The molecule has 0 N–H and O–H groups in total. The highest BCUT2D eigenvalue weighted by Gasteiger charge is 1.94. The van der Waals surface area contributed by atoms with Gasteiger partial charge in [0, 0.05) is 19.1 Å². The second kappa shape index (κ2) is 20.2. The molecule has 0 saturated heterocycles. The van der Waals surface area contributed by atoms with Gasteiger partial charge in [0.15, 0.2) is 0 Å². The van der Waals surface area contributed by atoms with Crippen LogP contribution in [0.25, 0.3) is 0 Å². The van der Waals surface area contributed by atoms with Crippen molar-refractivity contribution in [3.63, 3.8) is 0 Å². The number of ether oxygens (including phenoxy) is 2. The second-order valence-corrected chi connectivity index (χ2v) is 6.18. The smallest absolute Gasteiger partial charge is 0.0700 e. The zero-order valence-electron chi connectivity index (χ0n) is 14.2. The van der Waals surface area contributed by atoms with E-state index in [9.17, 15) is 0 Å². The molecule has 0 aromatic rings.